The van der Waals surface area contributed by atoms with Crippen molar-refractivity contribution in [2.75, 3.05) is 46.1 Å². The lowest BCUT2D eigenvalue weighted by atomic mass is 9.94. The van der Waals surface area contributed by atoms with E-state index in [0.717, 1.165) is 109 Å². The first-order chi connectivity index (χ1) is 30.9. The van der Waals surface area contributed by atoms with Crippen LogP contribution < -0.4 is 5.32 Å². The van der Waals surface area contributed by atoms with E-state index in [4.69, 9.17) is 14.6 Å². The maximum atomic E-state index is 12.8. The Bertz CT molecular complexity index is 984. The number of nitrogens with one attached hydrogen (secondary N) is 1. The van der Waals surface area contributed by atoms with Crippen LogP contribution in [0.3, 0.4) is 0 Å². The molecule has 374 valence electrons. The van der Waals surface area contributed by atoms with Gasteiger partial charge in [0.1, 0.15) is 0 Å². The Balaban J connectivity index is 0.00000127. The molecule has 0 amide bonds. The van der Waals surface area contributed by atoms with Gasteiger partial charge in [0.05, 0.1) is 31.7 Å². The summed E-state index contributed by atoms with van der Waals surface area (Å²) in [5.41, 5.74) is 0. The van der Waals surface area contributed by atoms with Crippen molar-refractivity contribution in [2.24, 2.45) is 11.8 Å². The fraction of sp³-hybridized carbons (Fsp3) is 0.944. The molecule has 1 heterocycles. The van der Waals surface area contributed by atoms with Crippen molar-refractivity contribution in [1.82, 2.24) is 10.2 Å². The highest BCUT2D eigenvalue weighted by molar-refractivity contribution is 5.72. The van der Waals surface area contributed by atoms with Crippen LogP contribution in [0.15, 0.2) is 0 Å². The van der Waals surface area contributed by atoms with Crippen LogP contribution in [0.5, 0.6) is 0 Å². The Morgan fingerprint density at radius 3 is 1.40 bits per heavy atom. The lowest BCUT2D eigenvalue weighted by Gasteiger charge is -2.20. The average molecular weight is 895 g/mol. The first kappa shape index (κ1) is 61.3. The minimum atomic E-state index is 0.0179. The summed E-state index contributed by atoms with van der Waals surface area (Å²) in [6.07, 6.45) is 40.6. The molecule has 0 aromatic heterocycles. The topological polar surface area (TPSA) is 114 Å². The van der Waals surface area contributed by atoms with Crippen molar-refractivity contribution in [3.8, 4) is 0 Å². The molecule has 0 aromatic rings. The summed E-state index contributed by atoms with van der Waals surface area (Å²) in [5, 5.41) is 12.6. The number of carbonyl (C=O) groups is 3. The normalized spacial score (nSPS) is 16.0. The van der Waals surface area contributed by atoms with Gasteiger partial charge in [-0.2, -0.15) is 0 Å². The number of aliphatic hydroxyl groups excluding tert-OH is 1. The van der Waals surface area contributed by atoms with Crippen LogP contribution in [0, 0.1) is 11.8 Å². The first-order valence-corrected chi connectivity index (χ1v) is 27.3. The van der Waals surface area contributed by atoms with Crippen molar-refractivity contribution < 1.29 is 33.7 Å². The van der Waals surface area contributed by atoms with Gasteiger partial charge in [-0.3, -0.25) is 19.3 Å². The Morgan fingerprint density at radius 1 is 0.556 bits per heavy atom. The molecular formula is C54H106N2O7. The van der Waals surface area contributed by atoms with Crippen LogP contribution in [0.1, 0.15) is 259 Å². The predicted molar refractivity (Wildman–Crippen MR) is 265 cm³/mol. The van der Waals surface area contributed by atoms with Gasteiger partial charge in [0.2, 0.25) is 0 Å². The van der Waals surface area contributed by atoms with Gasteiger partial charge >= 0.3 is 11.9 Å². The molecule has 4 unspecified atom stereocenters. The summed E-state index contributed by atoms with van der Waals surface area (Å²) >= 11 is 0. The molecule has 1 saturated heterocycles. The van der Waals surface area contributed by atoms with Crippen LogP contribution in [0.4, 0.5) is 0 Å². The van der Waals surface area contributed by atoms with Gasteiger partial charge in [-0.25, -0.2) is 0 Å². The summed E-state index contributed by atoms with van der Waals surface area (Å²) in [6.45, 7) is 17.0. The van der Waals surface area contributed by atoms with E-state index in [-0.39, 0.29) is 23.8 Å². The average Bonchev–Trinajstić information content (AvgIpc) is 3.64. The van der Waals surface area contributed by atoms with Gasteiger partial charge in [0.25, 0.3) is 6.47 Å². The van der Waals surface area contributed by atoms with Crippen molar-refractivity contribution in [1.29, 1.82) is 0 Å². The van der Waals surface area contributed by atoms with Gasteiger partial charge in [0, 0.05) is 25.2 Å². The second-order valence-electron chi connectivity index (χ2n) is 19.0. The standard InChI is InChI=1S/C31H62N2O3.C23H44O4/c1-4-6-8-10-11-15-21-29(20-14-9-7-5-2)31(35)36-25-19-13-12-17-23-33-27-30(26-28(33)3)32-22-16-18-24-34;1-3-5-7-9-10-14-18-22(17-13-8-6-4-2)23(25)27-20-16-12-11-15-19-26-21-24/h28-30,32,34H,4-27H2,1-3H3;21-22H,3-20H2,1-2H3. The molecule has 1 rings (SSSR count). The molecule has 0 spiro atoms. The van der Waals surface area contributed by atoms with E-state index < -0.39 is 0 Å². The summed E-state index contributed by atoms with van der Waals surface area (Å²) in [6, 6.07) is 1.26. The van der Waals surface area contributed by atoms with E-state index in [9.17, 15) is 14.4 Å². The fourth-order valence-electron chi connectivity index (χ4n) is 8.88. The highest BCUT2D eigenvalue weighted by Gasteiger charge is 2.28. The number of esters is 2. The largest absolute Gasteiger partial charge is 0.468 e. The number of carbonyl (C=O) groups excluding carboxylic acids is 3. The molecule has 2 N–H and O–H groups in total. The fourth-order valence-corrected chi connectivity index (χ4v) is 8.88. The van der Waals surface area contributed by atoms with Gasteiger partial charge in [-0.15, -0.1) is 0 Å². The third kappa shape index (κ3) is 39.2. The molecular weight excluding hydrogens is 789 g/mol. The Kier molecular flexibility index (Phi) is 46.9. The molecule has 1 aliphatic heterocycles. The van der Waals surface area contributed by atoms with Crippen molar-refractivity contribution in [3.05, 3.63) is 0 Å². The monoisotopic (exact) mass is 895 g/mol. The van der Waals surface area contributed by atoms with Crippen LogP contribution in [0.2, 0.25) is 0 Å². The number of likely N-dealkylation sites (tertiary alicyclic amines) is 1. The number of hydrogen-bond acceptors (Lipinski definition) is 9. The van der Waals surface area contributed by atoms with Gasteiger partial charge < -0.3 is 24.6 Å². The molecule has 0 aromatic carbocycles. The van der Waals surface area contributed by atoms with Gasteiger partial charge in [-0.1, -0.05) is 169 Å². The minimum Gasteiger partial charge on any atom is -0.468 e. The number of rotatable bonds is 46. The molecule has 1 aliphatic rings. The SMILES string of the molecule is CCCCCCCCC(CCCCCC)C(=O)OCCCCCCN1CC(NCCCCO)CC1C.CCCCCCCCC(CCCCCC)C(=O)OCCCCCCOC=O. The maximum Gasteiger partial charge on any atom is 0.308 e. The number of ether oxygens (including phenoxy) is 3. The zero-order valence-electron chi connectivity index (χ0n) is 42.4. The smallest absolute Gasteiger partial charge is 0.308 e. The Hall–Kier alpha value is -1.71. The van der Waals surface area contributed by atoms with Gasteiger partial charge in [0.15, 0.2) is 0 Å². The second-order valence-corrected chi connectivity index (χ2v) is 19.0. The highest BCUT2D eigenvalue weighted by Crippen LogP contribution is 2.23. The van der Waals surface area contributed by atoms with E-state index in [1.54, 1.807) is 0 Å². The van der Waals surface area contributed by atoms with Crippen LogP contribution in [-0.4, -0.2) is 86.6 Å². The quantitative estimate of drug-likeness (QED) is 0.0267. The molecule has 0 bridgehead atoms. The molecule has 0 saturated carbocycles. The first-order valence-electron chi connectivity index (χ1n) is 27.3. The molecule has 4 atom stereocenters. The van der Waals surface area contributed by atoms with E-state index in [0.29, 0.717) is 45.0 Å². The van der Waals surface area contributed by atoms with Crippen LogP contribution in [-0.2, 0) is 28.6 Å². The molecule has 0 aliphatic carbocycles. The van der Waals surface area contributed by atoms with E-state index in [2.05, 4.69) is 49.6 Å². The molecule has 1 fully saturated rings. The van der Waals surface area contributed by atoms with Gasteiger partial charge in [-0.05, 0) is 103 Å². The zero-order chi connectivity index (χ0) is 46.3. The lowest BCUT2D eigenvalue weighted by Crippen LogP contribution is -2.34. The number of unbranched alkanes of at least 4 members (excludes halogenated alkanes) is 23. The second kappa shape index (κ2) is 48.2. The van der Waals surface area contributed by atoms with Crippen molar-refractivity contribution in [2.45, 2.75) is 271 Å². The zero-order valence-corrected chi connectivity index (χ0v) is 42.4. The third-order valence-corrected chi connectivity index (χ3v) is 13.1. The summed E-state index contributed by atoms with van der Waals surface area (Å²) in [4.78, 5) is 37.9. The predicted octanol–water partition coefficient (Wildman–Crippen LogP) is 13.9. The lowest BCUT2D eigenvalue weighted by molar-refractivity contribution is -0.150. The molecule has 9 heteroatoms. The van der Waals surface area contributed by atoms with E-state index in [1.165, 1.54) is 135 Å². The summed E-state index contributed by atoms with van der Waals surface area (Å²) in [5.74, 6) is 0.303. The van der Waals surface area contributed by atoms with Crippen LogP contribution in [0.25, 0.3) is 0 Å². The summed E-state index contributed by atoms with van der Waals surface area (Å²) < 4.78 is 16.0. The highest BCUT2D eigenvalue weighted by atomic mass is 16.5. The maximum absolute atomic E-state index is 12.8. The van der Waals surface area contributed by atoms with Crippen molar-refractivity contribution >= 4 is 18.4 Å². The van der Waals surface area contributed by atoms with Crippen molar-refractivity contribution in [3.63, 3.8) is 0 Å². The van der Waals surface area contributed by atoms with E-state index in [1.807, 2.05) is 0 Å². The Morgan fingerprint density at radius 2 is 0.952 bits per heavy atom. The van der Waals surface area contributed by atoms with E-state index >= 15 is 0 Å². The molecule has 0 radical (unpaired) electrons. The number of aliphatic hydroxyl groups is 1. The molecule has 63 heavy (non-hydrogen) atoms. The molecule has 9 nitrogen and oxygen atoms in total. The van der Waals surface area contributed by atoms with Crippen LogP contribution >= 0.6 is 0 Å². The Labute approximate surface area is 390 Å². The third-order valence-electron chi connectivity index (χ3n) is 13.1. The summed E-state index contributed by atoms with van der Waals surface area (Å²) in [7, 11) is 0. The number of hydrogen-bond donors (Lipinski definition) is 2. The number of nitrogens with zero attached hydrogens (tertiary/aromatic N) is 1. The minimum absolute atomic E-state index is 0.0179.